The first-order valence-corrected chi connectivity index (χ1v) is 10.1. The Hall–Kier alpha value is -2.72. The predicted octanol–water partition coefficient (Wildman–Crippen LogP) is 4.07. The maximum atomic E-state index is 12.7. The molecule has 2 heterocycles. The summed E-state index contributed by atoms with van der Waals surface area (Å²) < 4.78 is 0. The first-order chi connectivity index (χ1) is 13.7. The lowest BCUT2D eigenvalue weighted by Gasteiger charge is -2.35. The minimum absolute atomic E-state index is 0.258. The van der Waals surface area contributed by atoms with Gasteiger partial charge in [-0.05, 0) is 23.1 Å². The van der Waals surface area contributed by atoms with E-state index in [1.807, 2.05) is 35.4 Å². The van der Waals surface area contributed by atoms with Crippen LogP contribution in [0.1, 0.15) is 30.4 Å². The molecular weight excluding hydrogens is 346 g/mol. The molecule has 1 amide bonds. The molecule has 1 fully saturated rings. The van der Waals surface area contributed by atoms with E-state index in [0.29, 0.717) is 6.42 Å². The molecule has 0 radical (unpaired) electrons. The number of benzene rings is 2. The Morgan fingerprint density at radius 1 is 0.964 bits per heavy atom. The van der Waals surface area contributed by atoms with Gasteiger partial charge in [-0.25, -0.2) is 0 Å². The van der Waals surface area contributed by atoms with Crippen molar-refractivity contribution in [2.75, 3.05) is 26.2 Å². The van der Waals surface area contributed by atoms with Crippen molar-refractivity contribution < 1.29 is 4.79 Å². The molecule has 4 rings (SSSR count). The van der Waals surface area contributed by atoms with Crippen LogP contribution in [0.5, 0.6) is 0 Å². The van der Waals surface area contributed by atoms with E-state index in [1.165, 1.54) is 16.5 Å². The smallest absolute Gasteiger partial charge is 0.223 e. The van der Waals surface area contributed by atoms with Gasteiger partial charge >= 0.3 is 0 Å². The van der Waals surface area contributed by atoms with Gasteiger partial charge in [0.1, 0.15) is 0 Å². The Bertz CT molecular complexity index is 927. The molecule has 2 aromatic carbocycles. The highest BCUT2D eigenvalue weighted by Crippen LogP contribution is 2.21. The second kappa shape index (κ2) is 8.53. The fourth-order valence-electron chi connectivity index (χ4n) is 3.98. The van der Waals surface area contributed by atoms with Crippen LogP contribution in [0.25, 0.3) is 10.9 Å². The van der Waals surface area contributed by atoms with Gasteiger partial charge in [-0.3, -0.25) is 14.7 Å². The first-order valence-electron chi connectivity index (χ1n) is 10.1. The summed E-state index contributed by atoms with van der Waals surface area (Å²) in [6, 6.07) is 20.8. The number of hydrogen-bond donors (Lipinski definition) is 0. The summed E-state index contributed by atoms with van der Waals surface area (Å²) in [5.41, 5.74) is 3.58. The molecule has 1 aliphatic rings. The molecule has 4 nitrogen and oxygen atoms in total. The highest BCUT2D eigenvalue weighted by molar-refractivity contribution is 5.81. The molecule has 0 saturated carbocycles. The molecule has 0 bridgehead atoms. The molecule has 0 N–H and O–H groups in total. The fourth-order valence-corrected chi connectivity index (χ4v) is 3.98. The van der Waals surface area contributed by atoms with Crippen LogP contribution in [0.4, 0.5) is 0 Å². The van der Waals surface area contributed by atoms with Crippen molar-refractivity contribution in [1.29, 1.82) is 0 Å². The molecule has 144 valence electrons. The van der Waals surface area contributed by atoms with Crippen LogP contribution in [0.3, 0.4) is 0 Å². The van der Waals surface area contributed by atoms with Crippen molar-refractivity contribution in [2.45, 2.75) is 25.8 Å². The molecule has 0 spiro atoms. The van der Waals surface area contributed by atoms with Crippen molar-refractivity contribution in [1.82, 2.24) is 14.8 Å². The number of carbonyl (C=O) groups excluding carboxylic acids is 1. The van der Waals surface area contributed by atoms with Crippen LogP contribution < -0.4 is 0 Å². The van der Waals surface area contributed by atoms with E-state index >= 15 is 0 Å². The highest BCUT2D eigenvalue weighted by atomic mass is 16.2. The molecule has 4 heteroatoms. The van der Waals surface area contributed by atoms with Crippen LogP contribution in [0.15, 0.2) is 66.9 Å². The van der Waals surface area contributed by atoms with E-state index in [-0.39, 0.29) is 11.8 Å². The van der Waals surface area contributed by atoms with E-state index in [0.717, 1.165) is 38.2 Å². The van der Waals surface area contributed by atoms with Crippen LogP contribution in [-0.4, -0.2) is 46.9 Å². The van der Waals surface area contributed by atoms with Crippen molar-refractivity contribution in [2.24, 2.45) is 0 Å². The number of fused-ring (bicyclic) bond motifs is 1. The van der Waals surface area contributed by atoms with Gasteiger partial charge < -0.3 is 4.90 Å². The van der Waals surface area contributed by atoms with Gasteiger partial charge in [-0.2, -0.15) is 0 Å². The number of amides is 1. The minimum Gasteiger partial charge on any atom is -0.340 e. The average Bonchev–Trinajstić information content (AvgIpc) is 2.75. The summed E-state index contributed by atoms with van der Waals surface area (Å²) >= 11 is 0. The van der Waals surface area contributed by atoms with Gasteiger partial charge in [-0.1, -0.05) is 61.5 Å². The molecule has 1 aromatic heterocycles. The Kier molecular flexibility index (Phi) is 5.68. The normalized spacial score (nSPS) is 16.2. The summed E-state index contributed by atoms with van der Waals surface area (Å²) in [5, 5.41) is 1.18. The van der Waals surface area contributed by atoms with Crippen LogP contribution in [0, 0.1) is 0 Å². The fraction of sp³-hybridized carbons (Fsp3) is 0.333. The van der Waals surface area contributed by atoms with E-state index in [9.17, 15) is 4.79 Å². The van der Waals surface area contributed by atoms with Gasteiger partial charge in [0, 0.05) is 50.7 Å². The number of hydrogen-bond acceptors (Lipinski definition) is 3. The maximum Gasteiger partial charge on any atom is 0.223 e. The van der Waals surface area contributed by atoms with E-state index < -0.39 is 0 Å². The maximum absolute atomic E-state index is 12.7. The summed E-state index contributed by atoms with van der Waals surface area (Å²) in [4.78, 5) is 21.7. The van der Waals surface area contributed by atoms with Crippen LogP contribution in [-0.2, 0) is 11.3 Å². The van der Waals surface area contributed by atoms with Gasteiger partial charge in [0.2, 0.25) is 5.91 Å². The number of piperazine rings is 1. The van der Waals surface area contributed by atoms with E-state index in [4.69, 9.17) is 0 Å². The zero-order valence-corrected chi connectivity index (χ0v) is 16.4. The number of nitrogens with zero attached hydrogens (tertiary/aromatic N) is 3. The average molecular weight is 374 g/mol. The summed E-state index contributed by atoms with van der Waals surface area (Å²) in [6.45, 7) is 6.45. The van der Waals surface area contributed by atoms with Crippen molar-refractivity contribution in [3.05, 3.63) is 78.0 Å². The number of pyridine rings is 1. The molecule has 1 saturated heterocycles. The number of rotatable bonds is 5. The largest absolute Gasteiger partial charge is 0.340 e. The molecule has 1 atom stereocenters. The number of aromatic nitrogens is 1. The third-order valence-corrected chi connectivity index (χ3v) is 5.68. The lowest BCUT2D eigenvalue weighted by Crippen LogP contribution is -2.48. The van der Waals surface area contributed by atoms with Gasteiger partial charge in [0.25, 0.3) is 0 Å². The Morgan fingerprint density at radius 3 is 2.50 bits per heavy atom. The zero-order chi connectivity index (χ0) is 19.3. The number of carbonyl (C=O) groups is 1. The highest BCUT2D eigenvalue weighted by Gasteiger charge is 2.23. The standard InChI is InChI=1S/C24H27N3O/c1-19(20-7-3-2-4-8-20)17-23(28)27-15-13-26(14-16-27)18-22-10-5-9-21-11-6-12-25-24(21)22/h2-12,19H,13-18H2,1H3/t19-/m0/s1. The summed E-state index contributed by atoms with van der Waals surface area (Å²) in [6.07, 6.45) is 2.44. The van der Waals surface area contributed by atoms with Crippen LogP contribution in [0.2, 0.25) is 0 Å². The van der Waals surface area contributed by atoms with Crippen molar-refractivity contribution >= 4 is 16.8 Å². The van der Waals surface area contributed by atoms with E-state index in [1.54, 1.807) is 0 Å². The quantitative estimate of drug-likeness (QED) is 0.676. The van der Waals surface area contributed by atoms with Gasteiger partial charge in [0.15, 0.2) is 0 Å². The molecule has 0 aliphatic carbocycles. The minimum atomic E-state index is 0.258. The summed E-state index contributed by atoms with van der Waals surface area (Å²) in [7, 11) is 0. The topological polar surface area (TPSA) is 36.4 Å². The monoisotopic (exact) mass is 373 g/mol. The Morgan fingerprint density at radius 2 is 1.71 bits per heavy atom. The van der Waals surface area contributed by atoms with Crippen LogP contribution >= 0.6 is 0 Å². The second-order valence-corrected chi connectivity index (χ2v) is 7.67. The third-order valence-electron chi connectivity index (χ3n) is 5.68. The molecule has 1 aliphatic heterocycles. The van der Waals surface area contributed by atoms with Crippen molar-refractivity contribution in [3.63, 3.8) is 0 Å². The van der Waals surface area contributed by atoms with E-state index in [2.05, 4.69) is 53.2 Å². The lowest BCUT2D eigenvalue weighted by atomic mass is 9.97. The SMILES string of the molecule is C[C@@H](CC(=O)N1CCN(Cc2cccc3cccnc23)CC1)c1ccccc1. The molecule has 0 unspecified atom stereocenters. The Balaban J connectivity index is 1.32. The molecule has 28 heavy (non-hydrogen) atoms. The van der Waals surface area contributed by atoms with Gasteiger partial charge in [-0.15, -0.1) is 0 Å². The first kappa shape index (κ1) is 18.6. The predicted molar refractivity (Wildman–Crippen MR) is 113 cm³/mol. The lowest BCUT2D eigenvalue weighted by molar-refractivity contribution is -0.133. The molecule has 3 aromatic rings. The molecular formula is C24H27N3O. The third kappa shape index (κ3) is 4.23. The Labute approximate surface area is 166 Å². The van der Waals surface area contributed by atoms with Gasteiger partial charge in [0.05, 0.1) is 5.52 Å². The van der Waals surface area contributed by atoms with Crippen molar-refractivity contribution in [3.8, 4) is 0 Å². The number of para-hydroxylation sites is 1. The second-order valence-electron chi connectivity index (χ2n) is 7.67. The summed E-state index contributed by atoms with van der Waals surface area (Å²) in [5.74, 6) is 0.524. The zero-order valence-electron chi connectivity index (χ0n) is 16.4.